The lowest BCUT2D eigenvalue weighted by Gasteiger charge is -2.13. The molecular formula is C21H16FNO4S. The summed E-state index contributed by atoms with van der Waals surface area (Å²) in [6, 6.07) is 11.1. The highest BCUT2D eigenvalue weighted by molar-refractivity contribution is 7.99. The van der Waals surface area contributed by atoms with Crippen molar-refractivity contribution in [3.05, 3.63) is 74.6 Å². The summed E-state index contributed by atoms with van der Waals surface area (Å²) < 4.78 is 20.5. The van der Waals surface area contributed by atoms with Crippen LogP contribution in [0.25, 0.3) is 21.9 Å². The predicted octanol–water partition coefficient (Wildman–Crippen LogP) is 4.43. The number of hydrogen-bond acceptors (Lipinski definition) is 5. The summed E-state index contributed by atoms with van der Waals surface area (Å²) in [6.45, 7) is 4.12. The Morgan fingerprint density at radius 1 is 1.18 bits per heavy atom. The van der Waals surface area contributed by atoms with Gasteiger partial charge < -0.3 is 14.1 Å². The van der Waals surface area contributed by atoms with Crippen molar-refractivity contribution in [2.45, 2.75) is 30.2 Å². The molecule has 2 aromatic heterocycles. The first kappa shape index (κ1) is 18.3. The van der Waals surface area contributed by atoms with Gasteiger partial charge in [-0.2, -0.15) is 0 Å². The van der Waals surface area contributed by atoms with E-state index in [0.717, 1.165) is 17.3 Å². The molecular weight excluding hydrogens is 381 g/mol. The molecule has 0 saturated carbocycles. The van der Waals surface area contributed by atoms with Gasteiger partial charge in [-0.15, -0.1) is 0 Å². The second kappa shape index (κ2) is 6.83. The summed E-state index contributed by atoms with van der Waals surface area (Å²) in [5.74, 6) is -0.917. The molecule has 0 aliphatic carbocycles. The number of halogens is 1. The Balaban J connectivity index is 2.07. The molecule has 0 amide bonds. The van der Waals surface area contributed by atoms with Crippen LogP contribution in [0.4, 0.5) is 4.39 Å². The molecule has 0 spiro atoms. The average Bonchev–Trinajstić information content (AvgIpc) is 2.65. The van der Waals surface area contributed by atoms with Gasteiger partial charge in [-0.3, -0.25) is 4.79 Å². The van der Waals surface area contributed by atoms with Gasteiger partial charge in [-0.25, -0.2) is 9.18 Å². The van der Waals surface area contributed by atoms with Crippen molar-refractivity contribution >= 4 is 33.6 Å². The molecule has 0 fully saturated rings. The molecule has 2 aromatic carbocycles. The molecule has 142 valence electrons. The van der Waals surface area contributed by atoms with Crippen LogP contribution in [0.1, 0.15) is 12.5 Å². The van der Waals surface area contributed by atoms with Gasteiger partial charge >= 0.3 is 5.63 Å². The summed E-state index contributed by atoms with van der Waals surface area (Å²) >= 11 is 0.855. The van der Waals surface area contributed by atoms with Crippen molar-refractivity contribution in [3.8, 4) is 5.75 Å². The Hall–Kier alpha value is -3.06. The lowest BCUT2D eigenvalue weighted by atomic mass is 10.1. The van der Waals surface area contributed by atoms with Crippen LogP contribution in [0, 0.1) is 12.7 Å². The molecule has 0 atom stereocenters. The Morgan fingerprint density at radius 2 is 1.96 bits per heavy atom. The van der Waals surface area contributed by atoms with Crippen LogP contribution in [-0.2, 0) is 6.54 Å². The molecule has 0 aliphatic heterocycles. The zero-order chi connectivity index (χ0) is 20.0. The zero-order valence-electron chi connectivity index (χ0n) is 15.2. The third kappa shape index (κ3) is 2.88. The van der Waals surface area contributed by atoms with E-state index in [1.165, 1.54) is 22.8 Å². The van der Waals surface area contributed by atoms with Crippen molar-refractivity contribution in [1.82, 2.24) is 4.57 Å². The monoisotopic (exact) mass is 397 g/mol. The number of hydrogen-bond donors (Lipinski definition) is 1. The fraction of sp³-hybridized carbons (Fsp3) is 0.143. The quantitative estimate of drug-likeness (QED) is 0.518. The van der Waals surface area contributed by atoms with Crippen molar-refractivity contribution < 1.29 is 13.9 Å². The van der Waals surface area contributed by atoms with Gasteiger partial charge in [-0.05, 0) is 49.7 Å². The Bertz CT molecular complexity index is 1360. The summed E-state index contributed by atoms with van der Waals surface area (Å²) in [5.41, 5.74) is 0.412. The molecule has 0 unspecified atom stereocenters. The van der Waals surface area contributed by atoms with Gasteiger partial charge in [0.2, 0.25) is 0 Å². The molecule has 7 heteroatoms. The topological polar surface area (TPSA) is 72.4 Å². The number of nitrogens with zero attached hydrogens (tertiary/aromatic N) is 1. The lowest BCUT2D eigenvalue weighted by molar-refractivity contribution is 0.446. The first-order chi connectivity index (χ1) is 13.4. The molecule has 1 N–H and O–H groups in total. The van der Waals surface area contributed by atoms with Crippen molar-refractivity contribution in [3.63, 3.8) is 0 Å². The Labute approximate surface area is 163 Å². The van der Waals surface area contributed by atoms with Gasteiger partial charge in [0.15, 0.2) is 11.3 Å². The van der Waals surface area contributed by atoms with E-state index in [0.29, 0.717) is 22.3 Å². The van der Waals surface area contributed by atoms with E-state index in [2.05, 4.69) is 0 Å². The van der Waals surface area contributed by atoms with Crippen LogP contribution in [0.2, 0.25) is 0 Å². The normalized spacial score (nSPS) is 11.4. The van der Waals surface area contributed by atoms with E-state index in [-0.39, 0.29) is 15.9 Å². The maximum absolute atomic E-state index is 13.5. The standard InChI is InChI=1S/C21H16FNO4S/c1-3-23-15-9-11(2)7-8-14(15)18-16(20(23)25)17(24)19(21(26)27-18)28-13-6-4-5-12(22)10-13/h4-10,24H,3H2,1-2H3. The van der Waals surface area contributed by atoms with Crippen LogP contribution in [0.3, 0.4) is 0 Å². The third-order valence-corrected chi connectivity index (χ3v) is 5.59. The molecule has 0 bridgehead atoms. The minimum Gasteiger partial charge on any atom is -0.505 e. The van der Waals surface area contributed by atoms with Gasteiger partial charge in [0.25, 0.3) is 5.56 Å². The molecule has 0 saturated heterocycles. The Morgan fingerprint density at radius 3 is 2.68 bits per heavy atom. The van der Waals surface area contributed by atoms with E-state index in [1.54, 1.807) is 12.1 Å². The number of benzene rings is 2. The minimum absolute atomic E-state index is 0.0517. The van der Waals surface area contributed by atoms with Crippen LogP contribution in [0.15, 0.2) is 66.3 Å². The number of rotatable bonds is 3. The van der Waals surface area contributed by atoms with Crippen LogP contribution < -0.4 is 11.2 Å². The van der Waals surface area contributed by atoms with Crippen molar-refractivity contribution in [1.29, 1.82) is 0 Å². The highest BCUT2D eigenvalue weighted by Gasteiger charge is 2.22. The highest BCUT2D eigenvalue weighted by Crippen LogP contribution is 2.37. The van der Waals surface area contributed by atoms with E-state index in [4.69, 9.17) is 4.42 Å². The maximum Gasteiger partial charge on any atom is 0.354 e. The zero-order valence-corrected chi connectivity index (χ0v) is 16.0. The van der Waals surface area contributed by atoms with E-state index < -0.39 is 22.8 Å². The molecule has 28 heavy (non-hydrogen) atoms. The number of aromatic nitrogens is 1. The molecule has 4 rings (SSSR count). The third-order valence-electron chi connectivity index (χ3n) is 4.54. The largest absolute Gasteiger partial charge is 0.505 e. The van der Waals surface area contributed by atoms with Crippen LogP contribution >= 0.6 is 11.8 Å². The van der Waals surface area contributed by atoms with Gasteiger partial charge in [0.05, 0.1) is 5.52 Å². The summed E-state index contributed by atoms with van der Waals surface area (Å²) in [6.07, 6.45) is 0. The fourth-order valence-corrected chi connectivity index (χ4v) is 4.13. The second-order valence-electron chi connectivity index (χ2n) is 6.40. The van der Waals surface area contributed by atoms with E-state index in [9.17, 15) is 19.1 Å². The first-order valence-electron chi connectivity index (χ1n) is 8.67. The fourth-order valence-electron chi connectivity index (χ4n) is 3.25. The number of fused-ring (bicyclic) bond motifs is 3. The predicted molar refractivity (Wildman–Crippen MR) is 107 cm³/mol. The number of aryl methyl sites for hydroxylation is 2. The van der Waals surface area contributed by atoms with Crippen LogP contribution in [0.5, 0.6) is 5.75 Å². The van der Waals surface area contributed by atoms with Gasteiger partial charge in [0, 0.05) is 16.8 Å². The van der Waals surface area contributed by atoms with Crippen LogP contribution in [-0.4, -0.2) is 9.67 Å². The molecule has 4 aromatic rings. The summed E-state index contributed by atoms with van der Waals surface area (Å²) in [5, 5.41) is 11.3. The lowest BCUT2D eigenvalue weighted by Crippen LogP contribution is -2.21. The second-order valence-corrected chi connectivity index (χ2v) is 7.48. The van der Waals surface area contributed by atoms with E-state index in [1.807, 2.05) is 26.0 Å². The van der Waals surface area contributed by atoms with Crippen molar-refractivity contribution in [2.24, 2.45) is 0 Å². The van der Waals surface area contributed by atoms with Crippen molar-refractivity contribution in [2.75, 3.05) is 0 Å². The molecule has 5 nitrogen and oxygen atoms in total. The van der Waals surface area contributed by atoms with Gasteiger partial charge in [0.1, 0.15) is 16.1 Å². The first-order valence-corrected chi connectivity index (χ1v) is 9.48. The molecule has 2 heterocycles. The number of aromatic hydroxyl groups is 1. The SMILES string of the molecule is CCn1c(=O)c2c(O)c(Sc3cccc(F)c3)c(=O)oc2c2ccc(C)cc21. The smallest absolute Gasteiger partial charge is 0.354 e. The molecule has 0 radical (unpaired) electrons. The number of pyridine rings is 1. The minimum atomic E-state index is -0.783. The Kier molecular flexibility index (Phi) is 4.47. The summed E-state index contributed by atoms with van der Waals surface area (Å²) in [4.78, 5) is 25.9. The average molecular weight is 397 g/mol. The molecule has 0 aliphatic rings. The van der Waals surface area contributed by atoms with Gasteiger partial charge in [-0.1, -0.05) is 23.9 Å². The van der Waals surface area contributed by atoms with E-state index >= 15 is 0 Å². The highest BCUT2D eigenvalue weighted by atomic mass is 32.2. The summed E-state index contributed by atoms with van der Waals surface area (Å²) in [7, 11) is 0. The maximum atomic E-state index is 13.5.